The van der Waals surface area contributed by atoms with Crippen LogP contribution in [0.1, 0.15) is 23.0 Å². The quantitative estimate of drug-likeness (QED) is 0.598. The van der Waals surface area contributed by atoms with Crippen molar-refractivity contribution in [2.75, 3.05) is 10.6 Å². The third-order valence-corrected chi connectivity index (χ3v) is 3.93. The van der Waals surface area contributed by atoms with Crippen LogP contribution in [0.4, 0.5) is 15.8 Å². The molecule has 0 spiro atoms. The van der Waals surface area contributed by atoms with E-state index in [-0.39, 0.29) is 5.69 Å². The van der Waals surface area contributed by atoms with Gasteiger partial charge in [0, 0.05) is 11.4 Å². The maximum absolute atomic E-state index is 13.2. The Hall–Kier alpha value is -3.61. The molecule has 1 aromatic heterocycles. The van der Waals surface area contributed by atoms with Gasteiger partial charge in [0.05, 0.1) is 18.4 Å². The molecule has 144 valence electrons. The second-order valence-electron chi connectivity index (χ2n) is 6.03. The normalized spacial score (nSPS) is 11.5. The first-order chi connectivity index (χ1) is 13.5. The standard InChI is InChI=1S/C21H19FN2O4/c1-14(20(25)24-16-7-4-6-15(22)12-16)28-21(26)18-9-2-3-10-19(18)23-13-17-8-5-11-27-17/h2-12,14,23H,13H2,1H3,(H,24,25)/t14-/m0/s1. The topological polar surface area (TPSA) is 80.6 Å². The smallest absolute Gasteiger partial charge is 0.341 e. The lowest BCUT2D eigenvalue weighted by Crippen LogP contribution is -2.30. The van der Waals surface area contributed by atoms with E-state index in [2.05, 4.69) is 10.6 Å². The van der Waals surface area contributed by atoms with Crippen LogP contribution in [0.2, 0.25) is 0 Å². The summed E-state index contributed by atoms with van der Waals surface area (Å²) in [4.78, 5) is 24.7. The van der Waals surface area contributed by atoms with E-state index in [0.29, 0.717) is 23.6 Å². The van der Waals surface area contributed by atoms with Gasteiger partial charge in [-0.1, -0.05) is 18.2 Å². The van der Waals surface area contributed by atoms with E-state index in [9.17, 15) is 14.0 Å². The van der Waals surface area contributed by atoms with E-state index in [4.69, 9.17) is 9.15 Å². The van der Waals surface area contributed by atoms with Crippen molar-refractivity contribution in [2.24, 2.45) is 0 Å². The Bertz CT molecular complexity index is 957. The first-order valence-corrected chi connectivity index (χ1v) is 8.65. The lowest BCUT2D eigenvalue weighted by Gasteiger charge is -2.15. The first-order valence-electron chi connectivity index (χ1n) is 8.65. The number of hydrogen-bond acceptors (Lipinski definition) is 5. The van der Waals surface area contributed by atoms with Crippen LogP contribution in [0, 0.1) is 5.82 Å². The van der Waals surface area contributed by atoms with E-state index in [1.807, 2.05) is 6.07 Å². The number of esters is 1. The number of anilines is 2. The fourth-order valence-electron chi connectivity index (χ4n) is 2.50. The van der Waals surface area contributed by atoms with Gasteiger partial charge in [-0.05, 0) is 49.4 Å². The van der Waals surface area contributed by atoms with Gasteiger partial charge in [-0.15, -0.1) is 0 Å². The predicted molar refractivity (Wildman–Crippen MR) is 102 cm³/mol. The molecule has 1 atom stereocenters. The van der Waals surface area contributed by atoms with Crippen molar-refractivity contribution in [2.45, 2.75) is 19.6 Å². The van der Waals surface area contributed by atoms with Crippen LogP contribution in [0.15, 0.2) is 71.3 Å². The Balaban J connectivity index is 1.62. The number of nitrogens with one attached hydrogen (secondary N) is 2. The molecule has 1 heterocycles. The summed E-state index contributed by atoms with van der Waals surface area (Å²) < 4.78 is 23.7. The number of amides is 1. The molecule has 28 heavy (non-hydrogen) atoms. The molecule has 7 heteroatoms. The Morgan fingerprint density at radius 3 is 2.68 bits per heavy atom. The second kappa shape index (κ2) is 8.85. The van der Waals surface area contributed by atoms with E-state index in [0.717, 1.165) is 0 Å². The number of benzene rings is 2. The maximum atomic E-state index is 13.2. The van der Waals surface area contributed by atoms with Gasteiger partial charge in [-0.2, -0.15) is 0 Å². The molecule has 2 N–H and O–H groups in total. The van der Waals surface area contributed by atoms with Gasteiger partial charge in [-0.3, -0.25) is 4.79 Å². The largest absolute Gasteiger partial charge is 0.467 e. The number of ether oxygens (including phenoxy) is 1. The molecule has 0 radical (unpaired) electrons. The Morgan fingerprint density at radius 2 is 1.93 bits per heavy atom. The highest BCUT2D eigenvalue weighted by Gasteiger charge is 2.21. The van der Waals surface area contributed by atoms with Gasteiger partial charge in [0.15, 0.2) is 6.10 Å². The van der Waals surface area contributed by atoms with Crippen LogP contribution in [-0.4, -0.2) is 18.0 Å². The van der Waals surface area contributed by atoms with Gasteiger partial charge >= 0.3 is 5.97 Å². The van der Waals surface area contributed by atoms with Crippen molar-refractivity contribution >= 4 is 23.3 Å². The predicted octanol–water partition coefficient (Wildman–Crippen LogP) is 4.21. The molecule has 6 nitrogen and oxygen atoms in total. The van der Waals surface area contributed by atoms with Crippen LogP contribution < -0.4 is 10.6 Å². The number of hydrogen-bond donors (Lipinski definition) is 2. The zero-order valence-corrected chi connectivity index (χ0v) is 15.1. The molecule has 0 saturated heterocycles. The lowest BCUT2D eigenvalue weighted by molar-refractivity contribution is -0.123. The van der Waals surface area contributed by atoms with Gasteiger partial charge < -0.3 is 19.8 Å². The molecule has 0 saturated carbocycles. The van der Waals surface area contributed by atoms with Gasteiger partial charge in [0.25, 0.3) is 5.91 Å². The highest BCUT2D eigenvalue weighted by Crippen LogP contribution is 2.19. The minimum atomic E-state index is -1.06. The van der Waals surface area contributed by atoms with Crippen LogP contribution in [0.3, 0.4) is 0 Å². The molecule has 0 unspecified atom stereocenters. The third-order valence-electron chi connectivity index (χ3n) is 3.93. The summed E-state index contributed by atoms with van der Waals surface area (Å²) >= 11 is 0. The van der Waals surface area contributed by atoms with Crippen molar-refractivity contribution in [3.63, 3.8) is 0 Å². The van der Waals surface area contributed by atoms with Crippen molar-refractivity contribution in [3.8, 4) is 0 Å². The summed E-state index contributed by atoms with van der Waals surface area (Å²) in [6, 6.07) is 15.9. The fraction of sp³-hybridized carbons (Fsp3) is 0.143. The Kier molecular flexibility index (Phi) is 6.06. The van der Waals surface area contributed by atoms with E-state index in [1.54, 1.807) is 42.7 Å². The van der Waals surface area contributed by atoms with Gasteiger partial charge in [-0.25, -0.2) is 9.18 Å². The molecule has 0 bridgehead atoms. The Labute approximate surface area is 161 Å². The van der Waals surface area contributed by atoms with E-state index in [1.165, 1.54) is 25.1 Å². The fourth-order valence-corrected chi connectivity index (χ4v) is 2.50. The molecule has 0 fully saturated rings. The summed E-state index contributed by atoms with van der Waals surface area (Å²) in [6.07, 6.45) is 0.504. The van der Waals surface area contributed by atoms with Gasteiger partial charge in [0.1, 0.15) is 11.6 Å². The van der Waals surface area contributed by atoms with Crippen LogP contribution in [0.25, 0.3) is 0 Å². The second-order valence-corrected chi connectivity index (χ2v) is 6.03. The number of halogens is 1. The number of carbonyl (C=O) groups excluding carboxylic acids is 2. The number of para-hydroxylation sites is 1. The average Bonchev–Trinajstić information content (AvgIpc) is 3.20. The zero-order chi connectivity index (χ0) is 19.9. The number of rotatable bonds is 7. The van der Waals surface area contributed by atoms with Crippen molar-refractivity contribution in [1.29, 1.82) is 0 Å². The number of furan rings is 1. The summed E-state index contributed by atoms with van der Waals surface area (Å²) in [5, 5.41) is 5.62. The minimum Gasteiger partial charge on any atom is -0.467 e. The monoisotopic (exact) mass is 382 g/mol. The summed E-state index contributed by atoms with van der Waals surface area (Å²) in [5.41, 5.74) is 1.13. The highest BCUT2D eigenvalue weighted by molar-refractivity contribution is 5.99. The van der Waals surface area contributed by atoms with E-state index >= 15 is 0 Å². The minimum absolute atomic E-state index is 0.286. The number of carbonyl (C=O) groups is 2. The SMILES string of the molecule is C[C@H](OC(=O)c1ccccc1NCc1ccco1)C(=O)Nc1cccc(F)c1. The van der Waals surface area contributed by atoms with Crippen LogP contribution in [-0.2, 0) is 16.1 Å². The molecule has 0 aliphatic carbocycles. The maximum Gasteiger partial charge on any atom is 0.341 e. The molecule has 0 aliphatic heterocycles. The van der Waals surface area contributed by atoms with Crippen molar-refractivity contribution < 1.29 is 23.1 Å². The molecule has 2 aromatic carbocycles. The first kappa shape index (κ1) is 19.2. The molecule has 1 amide bonds. The molecule has 0 aliphatic rings. The van der Waals surface area contributed by atoms with Crippen LogP contribution >= 0.6 is 0 Å². The molecule has 3 rings (SSSR count). The van der Waals surface area contributed by atoms with Crippen LogP contribution in [0.5, 0.6) is 0 Å². The summed E-state index contributed by atoms with van der Waals surface area (Å²) in [7, 11) is 0. The van der Waals surface area contributed by atoms with Crippen molar-refractivity contribution in [3.05, 3.63) is 84.1 Å². The molecule has 3 aromatic rings. The molecular weight excluding hydrogens is 363 g/mol. The summed E-state index contributed by atoms with van der Waals surface area (Å²) in [6.45, 7) is 1.85. The summed E-state index contributed by atoms with van der Waals surface area (Å²) in [5.74, 6) is -0.963. The Morgan fingerprint density at radius 1 is 1.11 bits per heavy atom. The zero-order valence-electron chi connectivity index (χ0n) is 15.1. The van der Waals surface area contributed by atoms with E-state index < -0.39 is 23.8 Å². The van der Waals surface area contributed by atoms with Gasteiger partial charge in [0.2, 0.25) is 0 Å². The lowest BCUT2D eigenvalue weighted by atomic mass is 10.1. The average molecular weight is 382 g/mol. The van der Waals surface area contributed by atoms with Crippen molar-refractivity contribution in [1.82, 2.24) is 0 Å². The highest BCUT2D eigenvalue weighted by atomic mass is 19.1. The third kappa shape index (κ3) is 4.97. The molecular formula is C21H19FN2O4.